The van der Waals surface area contributed by atoms with E-state index in [-0.39, 0.29) is 28.0 Å². The third-order valence-electron chi connectivity index (χ3n) is 5.12. The largest absolute Gasteiger partial charge is 0.508 e. The van der Waals surface area contributed by atoms with E-state index in [2.05, 4.69) is 0 Å². The molecular formula is C21H20O11. The Labute approximate surface area is 179 Å². The first-order chi connectivity index (χ1) is 15.1. The molecule has 0 saturated carbocycles. The van der Waals surface area contributed by atoms with E-state index < -0.39 is 59.1 Å². The smallest absolute Gasteiger partial charge is 0.239 e. The minimum atomic E-state index is -1.64. The molecule has 5 atom stereocenters. The Bertz CT molecular complexity index is 1230. The second-order valence-electron chi connectivity index (χ2n) is 7.44. The van der Waals surface area contributed by atoms with Crippen LogP contribution in [0.4, 0.5) is 0 Å². The first-order valence-electron chi connectivity index (χ1n) is 9.50. The number of aliphatic hydroxyl groups is 3. The molecule has 170 valence electrons. The summed E-state index contributed by atoms with van der Waals surface area (Å²) in [6.07, 6.45) is -7.11. The Morgan fingerprint density at radius 1 is 0.969 bits per heavy atom. The van der Waals surface area contributed by atoms with Crippen molar-refractivity contribution in [1.82, 2.24) is 0 Å². The van der Waals surface area contributed by atoms with Gasteiger partial charge in [0.05, 0.1) is 6.10 Å². The Morgan fingerprint density at radius 3 is 2.31 bits per heavy atom. The number of rotatable bonds is 4. The zero-order chi connectivity index (χ0) is 23.3. The van der Waals surface area contributed by atoms with E-state index in [4.69, 9.17) is 13.9 Å². The molecule has 0 spiro atoms. The molecule has 2 heterocycles. The van der Waals surface area contributed by atoms with Gasteiger partial charge in [0.25, 0.3) is 0 Å². The quantitative estimate of drug-likeness (QED) is 0.275. The van der Waals surface area contributed by atoms with Crippen LogP contribution in [0, 0.1) is 0 Å². The highest BCUT2D eigenvalue weighted by Crippen LogP contribution is 2.39. The van der Waals surface area contributed by atoms with Crippen molar-refractivity contribution in [2.75, 3.05) is 0 Å². The predicted octanol–water partition coefficient (Wildman–Crippen LogP) is 0.489. The van der Waals surface area contributed by atoms with Gasteiger partial charge in [0, 0.05) is 17.7 Å². The van der Waals surface area contributed by atoms with E-state index in [1.165, 1.54) is 13.0 Å². The van der Waals surface area contributed by atoms with Gasteiger partial charge >= 0.3 is 0 Å². The van der Waals surface area contributed by atoms with Crippen molar-refractivity contribution in [2.45, 2.75) is 37.6 Å². The summed E-state index contributed by atoms with van der Waals surface area (Å²) in [5, 5.41) is 69.1. The summed E-state index contributed by atoms with van der Waals surface area (Å²) in [4.78, 5) is 13.2. The summed E-state index contributed by atoms with van der Waals surface area (Å²) in [6, 6.07) is 5.51. The molecule has 32 heavy (non-hydrogen) atoms. The molecule has 1 fully saturated rings. The minimum absolute atomic E-state index is 0.0669. The lowest BCUT2D eigenvalue weighted by molar-refractivity contribution is -0.129. The molecule has 11 heteroatoms. The number of benzene rings is 2. The standard InChI is InChI=1S/C21H20O11/c1-7(22)18-16(28)17(29)21(31-18)32-20-15(27)14-12(26)5-9(23)6-13(14)30-19(20)8-2-3-10(24)11(25)4-8/h2-7,16-18,21-26,28-29H,1H3/t7-,16+,17-,18-,21+/m0/s1. The minimum Gasteiger partial charge on any atom is -0.508 e. The summed E-state index contributed by atoms with van der Waals surface area (Å²) in [5.74, 6) is -2.79. The Balaban J connectivity index is 1.91. The summed E-state index contributed by atoms with van der Waals surface area (Å²) in [7, 11) is 0. The average Bonchev–Trinajstić information content (AvgIpc) is 3.00. The van der Waals surface area contributed by atoms with Crippen molar-refractivity contribution < 1.29 is 49.6 Å². The maximum Gasteiger partial charge on any atom is 0.239 e. The van der Waals surface area contributed by atoms with Crippen LogP contribution < -0.4 is 10.2 Å². The molecule has 3 aromatic rings. The van der Waals surface area contributed by atoms with E-state index in [0.29, 0.717) is 0 Å². The molecule has 0 aliphatic carbocycles. The lowest BCUT2D eigenvalue weighted by Crippen LogP contribution is -2.38. The fourth-order valence-corrected chi connectivity index (χ4v) is 3.51. The molecule has 1 aromatic heterocycles. The topological polar surface area (TPSA) is 190 Å². The van der Waals surface area contributed by atoms with Crippen molar-refractivity contribution in [1.29, 1.82) is 0 Å². The number of hydrogen-bond acceptors (Lipinski definition) is 11. The van der Waals surface area contributed by atoms with Crippen LogP contribution in [0.5, 0.6) is 28.7 Å². The van der Waals surface area contributed by atoms with Gasteiger partial charge in [-0.3, -0.25) is 4.79 Å². The van der Waals surface area contributed by atoms with Crippen molar-refractivity contribution in [3.8, 4) is 40.1 Å². The van der Waals surface area contributed by atoms with E-state index in [0.717, 1.165) is 24.3 Å². The second-order valence-corrected chi connectivity index (χ2v) is 7.44. The SMILES string of the molecule is C[C@H](O)[C@@H]1O[C@H](Oc2c(-c3ccc(O)c(O)c3)oc3cc(O)cc(O)c3c2=O)[C@@H](O)[C@H]1O. The van der Waals surface area contributed by atoms with E-state index in [1.54, 1.807) is 0 Å². The van der Waals surface area contributed by atoms with Crippen LogP contribution >= 0.6 is 0 Å². The van der Waals surface area contributed by atoms with Crippen LogP contribution in [0.3, 0.4) is 0 Å². The molecule has 7 N–H and O–H groups in total. The Morgan fingerprint density at radius 2 is 1.69 bits per heavy atom. The van der Waals surface area contributed by atoms with Gasteiger partial charge in [0.2, 0.25) is 17.5 Å². The molecule has 4 rings (SSSR count). The third-order valence-corrected chi connectivity index (χ3v) is 5.12. The fraction of sp³-hybridized carbons (Fsp3) is 0.286. The van der Waals surface area contributed by atoms with Crippen molar-refractivity contribution in [3.05, 3.63) is 40.6 Å². The van der Waals surface area contributed by atoms with Gasteiger partial charge in [-0.2, -0.15) is 0 Å². The van der Waals surface area contributed by atoms with Gasteiger partial charge in [0.15, 0.2) is 17.3 Å². The average molecular weight is 448 g/mol. The molecule has 11 nitrogen and oxygen atoms in total. The van der Waals surface area contributed by atoms with E-state index >= 15 is 0 Å². The van der Waals surface area contributed by atoms with Gasteiger partial charge < -0.3 is 49.6 Å². The maximum absolute atomic E-state index is 13.2. The zero-order valence-electron chi connectivity index (χ0n) is 16.5. The number of fused-ring (bicyclic) bond motifs is 1. The van der Waals surface area contributed by atoms with Gasteiger partial charge in [0.1, 0.15) is 40.8 Å². The predicted molar refractivity (Wildman–Crippen MR) is 108 cm³/mol. The number of phenolic OH excluding ortho intramolecular Hbond substituents is 4. The van der Waals surface area contributed by atoms with Crippen LogP contribution in [0.25, 0.3) is 22.3 Å². The molecule has 1 saturated heterocycles. The number of phenols is 4. The molecule has 0 radical (unpaired) electrons. The number of ether oxygens (including phenoxy) is 2. The number of aliphatic hydroxyl groups excluding tert-OH is 3. The van der Waals surface area contributed by atoms with Crippen LogP contribution in [-0.2, 0) is 4.74 Å². The molecule has 0 bridgehead atoms. The van der Waals surface area contributed by atoms with Crippen molar-refractivity contribution >= 4 is 11.0 Å². The van der Waals surface area contributed by atoms with Gasteiger partial charge in [-0.1, -0.05) is 0 Å². The summed E-state index contributed by atoms with van der Waals surface area (Å²) >= 11 is 0. The highest BCUT2D eigenvalue weighted by molar-refractivity contribution is 5.88. The van der Waals surface area contributed by atoms with Crippen LogP contribution in [0.1, 0.15) is 6.92 Å². The first-order valence-corrected chi connectivity index (χ1v) is 9.50. The van der Waals surface area contributed by atoms with Crippen LogP contribution in [0.15, 0.2) is 39.5 Å². The molecule has 1 aliphatic heterocycles. The van der Waals surface area contributed by atoms with Gasteiger partial charge in [-0.05, 0) is 25.1 Å². The normalized spacial score (nSPS) is 24.0. The molecule has 0 amide bonds. The first kappa shape index (κ1) is 21.7. The molecule has 0 unspecified atom stereocenters. The Hall–Kier alpha value is -3.51. The van der Waals surface area contributed by atoms with Gasteiger partial charge in [-0.15, -0.1) is 0 Å². The van der Waals surface area contributed by atoms with Crippen molar-refractivity contribution in [2.24, 2.45) is 0 Å². The monoisotopic (exact) mass is 448 g/mol. The van der Waals surface area contributed by atoms with Crippen LogP contribution in [0.2, 0.25) is 0 Å². The second kappa shape index (κ2) is 7.88. The van der Waals surface area contributed by atoms with E-state index in [9.17, 15) is 40.5 Å². The summed E-state index contributed by atoms with van der Waals surface area (Å²) in [5.41, 5.74) is -1.05. The number of hydrogen-bond donors (Lipinski definition) is 7. The highest BCUT2D eigenvalue weighted by atomic mass is 16.7. The lowest BCUT2D eigenvalue weighted by atomic mass is 10.1. The Kier molecular flexibility index (Phi) is 5.34. The maximum atomic E-state index is 13.2. The molecule has 2 aromatic carbocycles. The third kappa shape index (κ3) is 3.56. The van der Waals surface area contributed by atoms with Gasteiger partial charge in [-0.25, -0.2) is 0 Å². The summed E-state index contributed by atoms with van der Waals surface area (Å²) in [6.45, 7) is 1.34. The fourth-order valence-electron chi connectivity index (χ4n) is 3.51. The van der Waals surface area contributed by atoms with Crippen LogP contribution in [-0.4, -0.2) is 66.5 Å². The van der Waals surface area contributed by atoms with E-state index in [1.807, 2.05) is 0 Å². The lowest BCUT2D eigenvalue weighted by Gasteiger charge is -2.19. The highest BCUT2D eigenvalue weighted by Gasteiger charge is 2.47. The number of aromatic hydroxyl groups is 4. The van der Waals surface area contributed by atoms with Crippen molar-refractivity contribution in [3.63, 3.8) is 0 Å². The molecular weight excluding hydrogens is 428 g/mol. The summed E-state index contributed by atoms with van der Waals surface area (Å²) < 4.78 is 16.6. The zero-order valence-corrected chi connectivity index (χ0v) is 16.5. The molecule has 1 aliphatic rings.